The molecule has 0 aliphatic heterocycles. The average Bonchev–Trinajstić information content (AvgIpc) is 3.29. The highest BCUT2D eigenvalue weighted by Gasteiger charge is 2.28. The fourth-order valence-corrected chi connectivity index (χ4v) is 9.23. The quantitative estimate of drug-likeness (QED) is 0.0309. The Labute approximate surface area is 393 Å². The van der Waals surface area contributed by atoms with Gasteiger partial charge in [0, 0.05) is 0 Å². The largest absolute Gasteiger partial charge is 0.394 e. The van der Waals surface area contributed by atoms with E-state index in [1.165, 1.54) is 250 Å². The van der Waals surface area contributed by atoms with E-state index in [9.17, 15) is 25.2 Å². The summed E-state index contributed by atoms with van der Waals surface area (Å²) in [5, 5.41) is 43.8. The molecule has 0 fully saturated rings. The number of allylic oxidation sites excluding steroid dienone is 2. The minimum atomic E-state index is -1.28. The van der Waals surface area contributed by atoms with E-state index < -0.39 is 36.9 Å². The van der Waals surface area contributed by atoms with Gasteiger partial charge in [0.25, 0.3) is 0 Å². The van der Waals surface area contributed by atoms with Crippen LogP contribution in [0, 0.1) is 0 Å². The molecule has 0 aromatic heterocycles. The normalized spacial score (nSPS) is 13.8. The van der Waals surface area contributed by atoms with Crippen molar-refractivity contribution in [2.24, 2.45) is 0 Å². The van der Waals surface area contributed by atoms with Gasteiger partial charge in [0.05, 0.1) is 18.8 Å². The third-order valence-electron chi connectivity index (χ3n) is 13.7. The number of carbonyl (C=O) groups is 1. The Morgan fingerprint density at radius 2 is 0.651 bits per heavy atom. The van der Waals surface area contributed by atoms with Crippen molar-refractivity contribution in [2.75, 3.05) is 6.61 Å². The van der Waals surface area contributed by atoms with Crippen molar-refractivity contribution in [3.63, 3.8) is 0 Å². The van der Waals surface area contributed by atoms with Crippen LogP contribution in [0.1, 0.15) is 316 Å². The summed E-state index contributed by atoms with van der Waals surface area (Å²) in [5.74, 6) is -0.588. The molecule has 0 saturated heterocycles. The molecule has 0 bridgehead atoms. The van der Waals surface area contributed by atoms with Crippen molar-refractivity contribution in [3.05, 3.63) is 12.2 Å². The van der Waals surface area contributed by atoms with Crippen LogP contribution in [0.4, 0.5) is 0 Å². The summed E-state index contributed by atoms with van der Waals surface area (Å²) in [6, 6.07) is -0.998. The molecule has 0 rings (SSSR count). The SMILES string of the molecule is CCCCCCCCCC/C=C/CCCC(O)C(O)C(CO)NC(=O)C(O)CCCCCCCCCCCCCCCCCCCCCCCCCCCCCCCCCCCC. The van der Waals surface area contributed by atoms with Crippen LogP contribution in [0.3, 0.4) is 0 Å². The molecular weight excluding hydrogens is 779 g/mol. The third-order valence-corrected chi connectivity index (χ3v) is 13.7. The molecule has 0 radical (unpaired) electrons. The lowest BCUT2D eigenvalue weighted by molar-refractivity contribution is -0.132. The molecule has 1 amide bonds. The number of aliphatic hydroxyl groups excluding tert-OH is 4. The van der Waals surface area contributed by atoms with Gasteiger partial charge in [0.2, 0.25) is 5.91 Å². The Bertz CT molecular complexity index is 913. The number of unbranched alkanes of at least 4 members (excludes halogenated alkanes) is 42. The summed E-state index contributed by atoms with van der Waals surface area (Å²) in [6.07, 6.45) is 61.7. The van der Waals surface area contributed by atoms with Crippen molar-refractivity contribution in [3.8, 4) is 0 Å². The number of amides is 1. The summed E-state index contributed by atoms with van der Waals surface area (Å²) in [6.45, 7) is 4.06. The molecule has 6 nitrogen and oxygen atoms in total. The summed E-state index contributed by atoms with van der Waals surface area (Å²) in [4.78, 5) is 12.6. The van der Waals surface area contributed by atoms with Gasteiger partial charge in [-0.15, -0.1) is 0 Å². The molecule has 63 heavy (non-hydrogen) atoms. The van der Waals surface area contributed by atoms with Crippen molar-refractivity contribution < 1.29 is 25.2 Å². The van der Waals surface area contributed by atoms with Crippen LogP contribution < -0.4 is 5.32 Å². The Morgan fingerprint density at radius 1 is 0.381 bits per heavy atom. The first-order valence-electron chi connectivity index (χ1n) is 28.6. The average molecular weight is 893 g/mol. The molecule has 0 aliphatic carbocycles. The lowest BCUT2D eigenvalue weighted by atomic mass is 10.00. The highest BCUT2D eigenvalue weighted by Crippen LogP contribution is 2.18. The van der Waals surface area contributed by atoms with Crippen molar-refractivity contribution in [1.82, 2.24) is 5.32 Å². The third kappa shape index (κ3) is 46.0. The molecule has 0 saturated carbocycles. The Morgan fingerprint density at radius 3 is 0.952 bits per heavy atom. The van der Waals surface area contributed by atoms with Crippen LogP contribution in [-0.4, -0.2) is 57.3 Å². The lowest BCUT2D eigenvalue weighted by Gasteiger charge is -2.27. The van der Waals surface area contributed by atoms with Crippen molar-refractivity contribution >= 4 is 5.91 Å². The monoisotopic (exact) mass is 892 g/mol. The molecule has 5 N–H and O–H groups in total. The zero-order chi connectivity index (χ0) is 45.9. The maximum atomic E-state index is 12.6. The maximum absolute atomic E-state index is 12.6. The molecule has 0 heterocycles. The van der Waals surface area contributed by atoms with E-state index >= 15 is 0 Å². The Hall–Kier alpha value is -0.950. The molecule has 0 spiro atoms. The topological polar surface area (TPSA) is 110 Å². The van der Waals surface area contributed by atoms with Crippen LogP contribution in [-0.2, 0) is 4.79 Å². The minimum Gasteiger partial charge on any atom is -0.394 e. The summed E-state index contributed by atoms with van der Waals surface area (Å²) in [5.41, 5.74) is 0. The van der Waals surface area contributed by atoms with Crippen molar-refractivity contribution in [1.29, 1.82) is 0 Å². The van der Waals surface area contributed by atoms with Crippen LogP contribution in [0.15, 0.2) is 12.2 Å². The van der Waals surface area contributed by atoms with Gasteiger partial charge in [-0.1, -0.05) is 289 Å². The van der Waals surface area contributed by atoms with E-state index in [1.807, 2.05) is 0 Å². The maximum Gasteiger partial charge on any atom is 0.249 e. The molecule has 0 aromatic carbocycles. The van der Waals surface area contributed by atoms with Crippen LogP contribution >= 0.6 is 0 Å². The van der Waals surface area contributed by atoms with E-state index in [0.29, 0.717) is 12.8 Å². The van der Waals surface area contributed by atoms with Gasteiger partial charge in [0.1, 0.15) is 12.2 Å². The van der Waals surface area contributed by atoms with E-state index in [2.05, 4.69) is 31.3 Å². The zero-order valence-corrected chi connectivity index (χ0v) is 42.6. The van der Waals surface area contributed by atoms with Crippen LogP contribution in [0.25, 0.3) is 0 Å². The molecule has 4 atom stereocenters. The molecule has 6 heteroatoms. The second-order valence-corrected chi connectivity index (χ2v) is 20.0. The molecule has 376 valence electrons. The molecule has 0 aliphatic rings. The Kier molecular flexibility index (Phi) is 51.2. The van der Waals surface area contributed by atoms with Gasteiger partial charge in [-0.3, -0.25) is 4.79 Å². The molecular formula is C57H113NO5. The summed E-state index contributed by atoms with van der Waals surface area (Å²) in [7, 11) is 0. The number of hydrogen-bond donors (Lipinski definition) is 5. The van der Waals surface area contributed by atoms with Gasteiger partial charge in [0.15, 0.2) is 0 Å². The predicted molar refractivity (Wildman–Crippen MR) is 275 cm³/mol. The van der Waals surface area contributed by atoms with E-state index in [0.717, 1.165) is 38.5 Å². The van der Waals surface area contributed by atoms with Crippen molar-refractivity contribution in [2.45, 2.75) is 340 Å². The zero-order valence-electron chi connectivity index (χ0n) is 42.6. The number of carbonyl (C=O) groups excluding carboxylic acids is 1. The number of rotatable bonds is 53. The van der Waals surface area contributed by atoms with Gasteiger partial charge >= 0.3 is 0 Å². The first-order valence-corrected chi connectivity index (χ1v) is 28.6. The fraction of sp³-hybridized carbons (Fsp3) is 0.947. The van der Waals surface area contributed by atoms with Gasteiger partial charge in [-0.2, -0.15) is 0 Å². The minimum absolute atomic E-state index is 0.369. The van der Waals surface area contributed by atoms with E-state index in [1.54, 1.807) is 0 Å². The van der Waals surface area contributed by atoms with E-state index in [4.69, 9.17) is 0 Å². The lowest BCUT2D eigenvalue weighted by Crippen LogP contribution is -2.53. The van der Waals surface area contributed by atoms with Gasteiger partial charge in [-0.25, -0.2) is 0 Å². The van der Waals surface area contributed by atoms with Crippen LogP contribution in [0.5, 0.6) is 0 Å². The highest BCUT2D eigenvalue weighted by atomic mass is 16.3. The highest BCUT2D eigenvalue weighted by molar-refractivity contribution is 5.80. The number of nitrogens with one attached hydrogen (secondary N) is 1. The van der Waals surface area contributed by atoms with E-state index in [-0.39, 0.29) is 0 Å². The standard InChI is InChI=1S/C57H113NO5/c1-3-5-7-9-11-13-15-17-18-19-20-21-22-23-24-25-26-27-28-29-30-31-32-33-34-35-36-37-39-41-43-45-47-49-51-55(61)57(63)58-53(52-59)56(62)54(60)50-48-46-44-42-40-38-16-14-12-10-8-6-4-2/h42,44,53-56,59-62H,3-41,43,45-52H2,1-2H3,(H,58,63)/b44-42+. The smallest absolute Gasteiger partial charge is 0.249 e. The van der Waals surface area contributed by atoms with Gasteiger partial charge < -0.3 is 25.7 Å². The Balaban J connectivity index is 3.51. The second-order valence-electron chi connectivity index (χ2n) is 20.0. The fourth-order valence-electron chi connectivity index (χ4n) is 9.23. The number of hydrogen-bond acceptors (Lipinski definition) is 5. The van der Waals surface area contributed by atoms with Crippen LogP contribution in [0.2, 0.25) is 0 Å². The molecule has 4 unspecified atom stereocenters. The predicted octanol–water partition coefficient (Wildman–Crippen LogP) is 16.5. The second kappa shape index (κ2) is 52.0. The first-order chi connectivity index (χ1) is 31.0. The summed E-state index contributed by atoms with van der Waals surface area (Å²) >= 11 is 0. The first kappa shape index (κ1) is 62.1. The summed E-state index contributed by atoms with van der Waals surface area (Å²) < 4.78 is 0. The molecule has 0 aromatic rings. The van der Waals surface area contributed by atoms with Gasteiger partial charge in [-0.05, 0) is 38.5 Å². The number of aliphatic hydroxyl groups is 4.